The van der Waals surface area contributed by atoms with Gasteiger partial charge < -0.3 is 15.4 Å². The van der Waals surface area contributed by atoms with Crippen molar-refractivity contribution in [1.82, 2.24) is 4.90 Å². The minimum Gasteiger partial charge on any atom is -0.493 e. The summed E-state index contributed by atoms with van der Waals surface area (Å²) in [4.78, 5) is 13.8. The number of hydrogen-bond donors (Lipinski definition) is 1. The Kier molecular flexibility index (Phi) is 4.74. The Balaban J connectivity index is 1.76. The summed E-state index contributed by atoms with van der Waals surface area (Å²) in [7, 11) is 0. The fourth-order valence-corrected chi connectivity index (χ4v) is 2.34. The number of hydrogen-bond acceptors (Lipinski definition) is 3. The molecule has 1 aromatic carbocycles. The Bertz CT molecular complexity index is 422. The van der Waals surface area contributed by atoms with Crippen molar-refractivity contribution >= 4 is 5.91 Å². The predicted octanol–water partition coefficient (Wildman–Crippen LogP) is 1.54. The number of carbonyl (C=O) groups is 1. The molecule has 0 aliphatic carbocycles. The summed E-state index contributed by atoms with van der Waals surface area (Å²) in [6.45, 7) is 1.61. The molecular formula is C14H19FN2O2. The van der Waals surface area contributed by atoms with Crippen molar-refractivity contribution < 1.29 is 13.9 Å². The van der Waals surface area contributed by atoms with E-state index in [0.29, 0.717) is 25.3 Å². The van der Waals surface area contributed by atoms with Crippen LogP contribution in [0.3, 0.4) is 0 Å². The molecule has 2 rings (SSSR count). The van der Waals surface area contributed by atoms with Crippen molar-refractivity contribution in [1.29, 1.82) is 0 Å². The van der Waals surface area contributed by atoms with Crippen molar-refractivity contribution in [2.75, 3.05) is 19.7 Å². The number of nitrogens with two attached hydrogens (primary N) is 1. The Morgan fingerprint density at radius 3 is 2.84 bits per heavy atom. The highest BCUT2D eigenvalue weighted by Crippen LogP contribution is 2.17. The fourth-order valence-electron chi connectivity index (χ4n) is 2.34. The number of ether oxygens (including phenoxy) is 1. The topological polar surface area (TPSA) is 55.6 Å². The van der Waals surface area contributed by atoms with E-state index in [1.165, 1.54) is 12.1 Å². The number of amides is 1. The van der Waals surface area contributed by atoms with Crippen molar-refractivity contribution in [3.05, 3.63) is 30.1 Å². The first-order valence-corrected chi connectivity index (χ1v) is 6.58. The molecule has 5 heteroatoms. The van der Waals surface area contributed by atoms with Gasteiger partial charge in [0.2, 0.25) is 5.91 Å². The van der Waals surface area contributed by atoms with E-state index in [1.807, 2.05) is 4.90 Å². The lowest BCUT2D eigenvalue weighted by Crippen LogP contribution is -2.40. The van der Waals surface area contributed by atoms with Gasteiger partial charge in [-0.1, -0.05) is 0 Å². The summed E-state index contributed by atoms with van der Waals surface area (Å²) < 4.78 is 18.1. The highest BCUT2D eigenvalue weighted by molar-refractivity contribution is 5.77. The van der Waals surface area contributed by atoms with Crippen molar-refractivity contribution in [2.24, 2.45) is 5.73 Å². The fraction of sp³-hybridized carbons (Fsp3) is 0.500. The van der Waals surface area contributed by atoms with E-state index in [9.17, 15) is 9.18 Å². The first-order valence-electron chi connectivity index (χ1n) is 6.58. The van der Waals surface area contributed by atoms with Gasteiger partial charge in [-0.15, -0.1) is 0 Å². The van der Waals surface area contributed by atoms with Crippen LogP contribution in [0, 0.1) is 5.82 Å². The maximum Gasteiger partial charge on any atom is 0.226 e. The second kappa shape index (κ2) is 6.52. The molecule has 1 atom stereocenters. The molecule has 1 amide bonds. The van der Waals surface area contributed by atoms with Crippen LogP contribution in [0.2, 0.25) is 0 Å². The van der Waals surface area contributed by atoms with E-state index in [1.54, 1.807) is 12.1 Å². The molecule has 1 saturated heterocycles. The zero-order chi connectivity index (χ0) is 13.7. The zero-order valence-electron chi connectivity index (χ0n) is 10.8. The summed E-state index contributed by atoms with van der Waals surface area (Å²) >= 11 is 0. The minimum atomic E-state index is -0.300. The molecule has 1 fully saturated rings. The highest BCUT2D eigenvalue weighted by atomic mass is 19.1. The van der Waals surface area contributed by atoms with Crippen LogP contribution in [0.25, 0.3) is 0 Å². The molecule has 0 spiro atoms. The van der Waals surface area contributed by atoms with Gasteiger partial charge in [-0.25, -0.2) is 4.39 Å². The maximum absolute atomic E-state index is 12.7. The van der Waals surface area contributed by atoms with Gasteiger partial charge in [0.1, 0.15) is 11.6 Å². The molecule has 0 aromatic heterocycles. The maximum atomic E-state index is 12.7. The van der Waals surface area contributed by atoms with Gasteiger partial charge in [0, 0.05) is 19.1 Å². The van der Waals surface area contributed by atoms with Crippen molar-refractivity contribution in [2.45, 2.75) is 25.3 Å². The van der Waals surface area contributed by atoms with Gasteiger partial charge in [0.25, 0.3) is 0 Å². The third-order valence-corrected chi connectivity index (χ3v) is 3.37. The number of benzene rings is 1. The van der Waals surface area contributed by atoms with E-state index in [2.05, 4.69) is 0 Å². The van der Waals surface area contributed by atoms with E-state index in [4.69, 9.17) is 10.5 Å². The van der Waals surface area contributed by atoms with Gasteiger partial charge >= 0.3 is 0 Å². The number of carbonyl (C=O) groups excluding carboxylic acids is 1. The predicted molar refractivity (Wildman–Crippen MR) is 70.3 cm³/mol. The molecule has 104 valence electrons. The summed E-state index contributed by atoms with van der Waals surface area (Å²) in [5.41, 5.74) is 5.64. The summed E-state index contributed by atoms with van der Waals surface area (Å²) in [6, 6.07) is 5.96. The Morgan fingerprint density at radius 2 is 2.16 bits per heavy atom. The Morgan fingerprint density at radius 1 is 1.42 bits per heavy atom. The summed E-state index contributed by atoms with van der Waals surface area (Å²) in [5, 5.41) is 0. The largest absolute Gasteiger partial charge is 0.493 e. The number of nitrogens with zero attached hydrogens (tertiary/aromatic N) is 1. The molecule has 19 heavy (non-hydrogen) atoms. The number of rotatable bonds is 5. The van der Waals surface area contributed by atoms with Crippen molar-refractivity contribution in [3.8, 4) is 5.75 Å². The van der Waals surface area contributed by atoms with Gasteiger partial charge in [-0.05, 0) is 37.1 Å². The average molecular weight is 266 g/mol. The number of likely N-dealkylation sites (tertiary alicyclic amines) is 1. The molecule has 1 aliphatic rings. The molecule has 0 radical (unpaired) electrons. The van der Waals surface area contributed by atoms with Crippen LogP contribution in [0.1, 0.15) is 19.3 Å². The first kappa shape index (κ1) is 13.8. The Labute approximate surface area is 112 Å². The summed E-state index contributed by atoms with van der Waals surface area (Å²) in [6.07, 6.45) is 2.33. The monoisotopic (exact) mass is 266 g/mol. The third-order valence-electron chi connectivity index (χ3n) is 3.37. The molecule has 0 bridgehead atoms. The molecule has 0 saturated carbocycles. The molecule has 1 aromatic rings. The first-order chi connectivity index (χ1) is 9.20. The van der Waals surface area contributed by atoms with E-state index < -0.39 is 0 Å². The highest BCUT2D eigenvalue weighted by Gasteiger charge is 2.26. The lowest BCUT2D eigenvalue weighted by Gasteiger charge is -2.23. The van der Waals surface area contributed by atoms with Crippen LogP contribution in [0.15, 0.2) is 24.3 Å². The third kappa shape index (κ3) is 3.67. The quantitative estimate of drug-likeness (QED) is 0.879. The van der Waals surface area contributed by atoms with E-state index in [0.717, 1.165) is 19.4 Å². The van der Waals surface area contributed by atoms with Crippen LogP contribution < -0.4 is 10.5 Å². The Hall–Kier alpha value is -1.62. The minimum absolute atomic E-state index is 0.0788. The average Bonchev–Trinajstić information content (AvgIpc) is 2.89. The van der Waals surface area contributed by atoms with Gasteiger partial charge in [0.15, 0.2) is 0 Å². The molecule has 1 heterocycles. The van der Waals surface area contributed by atoms with E-state index in [-0.39, 0.29) is 17.8 Å². The SMILES string of the molecule is NC[C@H]1CCCN1C(=O)CCOc1ccc(F)cc1. The lowest BCUT2D eigenvalue weighted by atomic mass is 10.2. The van der Waals surface area contributed by atoms with Crippen LogP contribution >= 0.6 is 0 Å². The second-order valence-corrected chi connectivity index (χ2v) is 4.67. The lowest BCUT2D eigenvalue weighted by molar-refractivity contribution is -0.132. The molecule has 2 N–H and O–H groups in total. The van der Waals surface area contributed by atoms with Crippen LogP contribution in [-0.2, 0) is 4.79 Å². The zero-order valence-corrected chi connectivity index (χ0v) is 10.8. The van der Waals surface area contributed by atoms with Gasteiger partial charge in [-0.2, -0.15) is 0 Å². The molecule has 4 nitrogen and oxygen atoms in total. The smallest absolute Gasteiger partial charge is 0.226 e. The van der Waals surface area contributed by atoms with Crippen molar-refractivity contribution in [3.63, 3.8) is 0 Å². The summed E-state index contributed by atoms with van der Waals surface area (Å²) in [5.74, 6) is 0.354. The van der Waals surface area contributed by atoms with Crippen LogP contribution in [-0.4, -0.2) is 36.5 Å². The van der Waals surface area contributed by atoms with Crippen LogP contribution in [0.5, 0.6) is 5.75 Å². The standard InChI is InChI=1S/C14H19FN2O2/c15-11-3-5-13(6-4-11)19-9-7-14(18)17-8-1-2-12(17)10-16/h3-6,12H,1-2,7-10,16H2/t12-/m1/s1. The molecule has 1 aliphatic heterocycles. The van der Waals surface area contributed by atoms with Gasteiger partial charge in [0.05, 0.1) is 13.0 Å². The molecule has 0 unspecified atom stereocenters. The normalized spacial score (nSPS) is 18.6. The molecular weight excluding hydrogens is 247 g/mol. The second-order valence-electron chi connectivity index (χ2n) is 4.67. The van der Waals surface area contributed by atoms with E-state index >= 15 is 0 Å². The number of halogens is 1. The van der Waals surface area contributed by atoms with Crippen LogP contribution in [0.4, 0.5) is 4.39 Å². The van der Waals surface area contributed by atoms with Gasteiger partial charge in [-0.3, -0.25) is 4.79 Å².